The molecule has 0 aromatic carbocycles. The first kappa shape index (κ1) is 17.5. The van der Waals surface area contributed by atoms with Crippen LogP contribution in [0.25, 0.3) is 0 Å². The molecule has 6 nitrogen and oxygen atoms in total. The lowest BCUT2D eigenvalue weighted by Gasteiger charge is -2.23. The maximum atomic E-state index is 12.6. The van der Waals surface area contributed by atoms with Crippen LogP contribution in [0.15, 0.2) is 12.3 Å². The fourth-order valence-corrected chi connectivity index (χ4v) is 2.26. The van der Waals surface area contributed by atoms with Gasteiger partial charge >= 0.3 is 11.9 Å². The van der Waals surface area contributed by atoms with Crippen LogP contribution in [0.2, 0.25) is 0 Å². The van der Waals surface area contributed by atoms with Crippen LogP contribution >= 0.6 is 11.8 Å². The van der Waals surface area contributed by atoms with Gasteiger partial charge in [-0.25, -0.2) is 4.98 Å². The first-order chi connectivity index (χ1) is 9.57. The summed E-state index contributed by atoms with van der Waals surface area (Å²) in [6.45, 7) is 1.35. The van der Waals surface area contributed by atoms with Gasteiger partial charge in [0.15, 0.2) is 0 Å². The van der Waals surface area contributed by atoms with Crippen LogP contribution in [-0.4, -0.2) is 39.2 Å². The van der Waals surface area contributed by atoms with Crippen molar-refractivity contribution in [2.45, 2.75) is 18.7 Å². The topological polar surface area (TPSA) is 88.3 Å². The zero-order valence-corrected chi connectivity index (χ0v) is 12.1. The number of pyridine rings is 1. The molecule has 0 amide bonds. The Morgan fingerprint density at radius 2 is 2.14 bits per heavy atom. The summed E-state index contributed by atoms with van der Waals surface area (Å²) in [6.07, 6.45) is -2.40. The van der Waals surface area contributed by atoms with E-state index in [0.717, 1.165) is 0 Å². The van der Waals surface area contributed by atoms with Gasteiger partial charge < -0.3 is 10.4 Å². The summed E-state index contributed by atoms with van der Waals surface area (Å²) in [5.74, 6) is 0.324. The number of thioether (sulfide) groups is 1. The van der Waals surface area contributed by atoms with E-state index in [1.54, 1.807) is 6.26 Å². The first-order valence-corrected chi connectivity index (χ1v) is 7.13. The van der Waals surface area contributed by atoms with Crippen LogP contribution in [0, 0.1) is 10.1 Å². The molecule has 1 aromatic rings. The molecule has 0 spiro atoms. The molecule has 0 saturated heterocycles. The predicted octanol–water partition coefficient (Wildman–Crippen LogP) is 2.53. The third-order valence-electron chi connectivity index (χ3n) is 2.49. The molecule has 0 aliphatic rings. The van der Waals surface area contributed by atoms with E-state index in [0.29, 0.717) is 18.0 Å². The van der Waals surface area contributed by atoms with E-state index in [2.05, 4.69) is 10.3 Å². The fraction of sp³-hybridized carbons (Fsp3) is 0.545. The minimum atomic E-state index is -4.70. The van der Waals surface area contributed by atoms with E-state index in [9.17, 15) is 28.4 Å². The van der Waals surface area contributed by atoms with Gasteiger partial charge in [-0.05, 0) is 19.2 Å². The third kappa shape index (κ3) is 5.05. The molecule has 0 aliphatic carbocycles. The maximum absolute atomic E-state index is 12.6. The second kappa shape index (κ2) is 6.48. The number of nitrogens with zero attached hydrogens (tertiary/aromatic N) is 2. The summed E-state index contributed by atoms with van der Waals surface area (Å²) in [7, 11) is 0. The molecule has 0 fully saturated rings. The molecule has 118 valence electrons. The molecule has 1 rings (SSSR count). The molecule has 21 heavy (non-hydrogen) atoms. The zero-order valence-electron chi connectivity index (χ0n) is 11.3. The number of nitro groups is 1. The molecule has 2 N–H and O–H groups in total. The monoisotopic (exact) mass is 325 g/mol. The number of anilines is 1. The summed E-state index contributed by atoms with van der Waals surface area (Å²) >= 11 is 1.35. The molecular formula is C11H14F3N3O3S. The molecular weight excluding hydrogens is 311 g/mol. The molecule has 1 unspecified atom stereocenters. The third-order valence-corrected chi connectivity index (χ3v) is 3.40. The molecule has 1 heterocycles. The number of alkyl halides is 3. The average molecular weight is 325 g/mol. The van der Waals surface area contributed by atoms with Crippen LogP contribution in [-0.2, 0) is 6.18 Å². The van der Waals surface area contributed by atoms with E-state index in [-0.39, 0.29) is 12.2 Å². The Labute approximate surface area is 122 Å². The van der Waals surface area contributed by atoms with Gasteiger partial charge in [0.05, 0.1) is 10.5 Å². The van der Waals surface area contributed by atoms with Crippen molar-refractivity contribution in [1.82, 2.24) is 4.98 Å². The van der Waals surface area contributed by atoms with Crippen molar-refractivity contribution in [3.63, 3.8) is 0 Å². The van der Waals surface area contributed by atoms with Gasteiger partial charge in [-0.2, -0.15) is 24.9 Å². The zero-order chi connectivity index (χ0) is 16.3. The average Bonchev–Trinajstić information content (AvgIpc) is 2.34. The second-order valence-electron chi connectivity index (χ2n) is 4.63. The smallest absolute Gasteiger partial charge is 0.387 e. The van der Waals surface area contributed by atoms with Gasteiger partial charge in [-0.15, -0.1) is 0 Å². The Balaban J connectivity index is 3.05. The van der Waals surface area contributed by atoms with Crippen LogP contribution in [0.5, 0.6) is 0 Å². The summed E-state index contributed by atoms with van der Waals surface area (Å²) in [5, 5.41) is 23.2. The van der Waals surface area contributed by atoms with Crippen molar-refractivity contribution in [1.29, 1.82) is 0 Å². The molecule has 1 aromatic heterocycles. The second-order valence-corrected chi connectivity index (χ2v) is 5.49. The highest BCUT2D eigenvalue weighted by molar-refractivity contribution is 7.98. The highest BCUT2D eigenvalue weighted by Gasteiger charge is 2.34. The lowest BCUT2D eigenvalue weighted by molar-refractivity contribution is -0.384. The Hall–Kier alpha value is -1.55. The lowest BCUT2D eigenvalue weighted by atomic mass is 10.1. The minimum absolute atomic E-state index is 0.129. The number of halogens is 3. The van der Waals surface area contributed by atoms with Crippen LogP contribution in [0.4, 0.5) is 24.5 Å². The molecule has 1 atom stereocenters. The minimum Gasteiger partial charge on any atom is -0.387 e. The van der Waals surface area contributed by atoms with Gasteiger partial charge in [-0.1, -0.05) is 0 Å². The van der Waals surface area contributed by atoms with Crippen molar-refractivity contribution in [2.75, 3.05) is 23.9 Å². The van der Waals surface area contributed by atoms with Gasteiger partial charge in [-0.3, -0.25) is 10.1 Å². The van der Waals surface area contributed by atoms with Gasteiger partial charge in [0.1, 0.15) is 17.6 Å². The number of aliphatic hydroxyl groups is 1. The van der Waals surface area contributed by atoms with E-state index < -0.39 is 28.1 Å². The molecule has 0 aliphatic heterocycles. The normalized spacial score (nSPS) is 14.6. The highest BCUT2D eigenvalue weighted by atomic mass is 32.2. The summed E-state index contributed by atoms with van der Waals surface area (Å²) in [6, 6.07) is 0.563. The fourth-order valence-electron chi connectivity index (χ4n) is 1.54. The summed E-state index contributed by atoms with van der Waals surface area (Å²) < 4.78 is 37.7. The van der Waals surface area contributed by atoms with Crippen LogP contribution in [0.3, 0.4) is 0 Å². The number of nitrogens with one attached hydrogen (secondary N) is 1. The Morgan fingerprint density at radius 1 is 1.52 bits per heavy atom. The number of rotatable bonds is 6. The Kier molecular flexibility index (Phi) is 5.40. The van der Waals surface area contributed by atoms with E-state index in [1.165, 1.54) is 18.7 Å². The number of aromatic nitrogens is 1. The summed E-state index contributed by atoms with van der Waals surface area (Å²) in [4.78, 5) is 13.0. The Bertz CT molecular complexity index is 523. The van der Waals surface area contributed by atoms with Crippen molar-refractivity contribution in [2.24, 2.45) is 0 Å². The predicted molar refractivity (Wildman–Crippen MR) is 73.4 cm³/mol. The largest absolute Gasteiger partial charge is 0.433 e. The van der Waals surface area contributed by atoms with Gasteiger partial charge in [0, 0.05) is 12.3 Å². The SMILES string of the molecule is CSCC(C)(O)CNc1cc(C(F)(F)F)ncc1[N+](=O)[O-]. The van der Waals surface area contributed by atoms with E-state index >= 15 is 0 Å². The summed E-state index contributed by atoms with van der Waals surface area (Å²) in [5.41, 5.74) is -3.36. The quantitative estimate of drug-likeness (QED) is 0.617. The maximum Gasteiger partial charge on any atom is 0.433 e. The van der Waals surface area contributed by atoms with Crippen molar-refractivity contribution in [3.8, 4) is 0 Å². The molecule has 0 saturated carbocycles. The molecule has 0 radical (unpaired) electrons. The molecule has 0 bridgehead atoms. The van der Waals surface area contributed by atoms with E-state index in [4.69, 9.17) is 0 Å². The van der Waals surface area contributed by atoms with Crippen molar-refractivity contribution in [3.05, 3.63) is 28.1 Å². The lowest BCUT2D eigenvalue weighted by Crippen LogP contribution is -2.36. The van der Waals surface area contributed by atoms with Gasteiger partial charge in [0.25, 0.3) is 0 Å². The van der Waals surface area contributed by atoms with Crippen molar-refractivity contribution >= 4 is 23.1 Å². The molecule has 10 heteroatoms. The highest BCUT2D eigenvalue weighted by Crippen LogP contribution is 2.33. The number of hydrogen-bond donors (Lipinski definition) is 2. The number of hydrogen-bond acceptors (Lipinski definition) is 6. The van der Waals surface area contributed by atoms with Crippen molar-refractivity contribution < 1.29 is 23.2 Å². The van der Waals surface area contributed by atoms with Crippen LogP contribution < -0.4 is 5.32 Å². The van der Waals surface area contributed by atoms with E-state index in [1.807, 2.05) is 0 Å². The Morgan fingerprint density at radius 3 is 2.62 bits per heavy atom. The standard InChI is InChI=1S/C11H14F3N3O3S/c1-10(18,6-21-2)5-16-7-3-9(11(12,13)14)15-4-8(7)17(19)20/h3-4,18H,5-6H2,1-2H3,(H,15,16). The van der Waals surface area contributed by atoms with Crippen LogP contribution in [0.1, 0.15) is 12.6 Å². The van der Waals surface area contributed by atoms with Gasteiger partial charge in [0.2, 0.25) is 0 Å². The first-order valence-electron chi connectivity index (χ1n) is 5.73.